The van der Waals surface area contributed by atoms with Gasteiger partial charge in [-0.25, -0.2) is 8.42 Å². The van der Waals surface area contributed by atoms with Crippen LogP contribution in [0.25, 0.3) is 5.70 Å². The molecule has 0 saturated heterocycles. The van der Waals surface area contributed by atoms with Crippen molar-refractivity contribution < 1.29 is 13.3 Å². The summed E-state index contributed by atoms with van der Waals surface area (Å²) < 4.78 is 28.3. The van der Waals surface area contributed by atoms with Crippen molar-refractivity contribution in [3.05, 3.63) is 105 Å². The predicted molar refractivity (Wildman–Crippen MR) is 120 cm³/mol. The van der Waals surface area contributed by atoms with Crippen LogP contribution in [0.5, 0.6) is 0 Å². The molecule has 30 heavy (non-hydrogen) atoms. The van der Waals surface area contributed by atoms with E-state index in [-0.39, 0.29) is 10.6 Å². The second-order valence-corrected chi connectivity index (χ2v) is 8.97. The van der Waals surface area contributed by atoms with Gasteiger partial charge in [-0.1, -0.05) is 48.0 Å². The van der Waals surface area contributed by atoms with Gasteiger partial charge in [0.25, 0.3) is 15.7 Å². The molecule has 0 spiro atoms. The van der Waals surface area contributed by atoms with Crippen molar-refractivity contribution in [2.24, 2.45) is 0 Å². The summed E-state index contributed by atoms with van der Waals surface area (Å²) in [5, 5.41) is 14.1. The molecule has 0 aliphatic rings. The molecule has 0 aliphatic carbocycles. The van der Waals surface area contributed by atoms with Crippen LogP contribution in [0.3, 0.4) is 0 Å². The molecule has 0 aliphatic heterocycles. The van der Waals surface area contributed by atoms with Gasteiger partial charge in [-0.2, -0.15) is 0 Å². The zero-order valence-corrected chi connectivity index (χ0v) is 18.3. The summed E-state index contributed by atoms with van der Waals surface area (Å²) in [6.45, 7) is 1.88. The van der Waals surface area contributed by atoms with Crippen molar-refractivity contribution in [1.82, 2.24) is 4.72 Å². The lowest BCUT2D eigenvalue weighted by molar-refractivity contribution is -0.384. The largest absolute Gasteiger partial charge is 0.353 e. The minimum absolute atomic E-state index is 0.0576. The molecule has 0 saturated carbocycles. The Kier molecular flexibility index (Phi) is 6.53. The van der Waals surface area contributed by atoms with E-state index >= 15 is 0 Å². The summed E-state index contributed by atoms with van der Waals surface area (Å²) >= 11 is 3.32. The molecular formula is C21H18BrN3O4S. The van der Waals surface area contributed by atoms with Crippen LogP contribution in [0.4, 0.5) is 11.4 Å². The fraction of sp³-hybridized carbons (Fsp3) is 0.0476. The van der Waals surface area contributed by atoms with Gasteiger partial charge < -0.3 is 5.32 Å². The highest BCUT2D eigenvalue weighted by Gasteiger charge is 2.14. The van der Waals surface area contributed by atoms with Crippen LogP contribution in [-0.2, 0) is 10.0 Å². The minimum Gasteiger partial charge on any atom is -0.353 e. The van der Waals surface area contributed by atoms with Gasteiger partial charge in [0.05, 0.1) is 21.2 Å². The van der Waals surface area contributed by atoms with E-state index in [4.69, 9.17) is 0 Å². The van der Waals surface area contributed by atoms with Gasteiger partial charge >= 0.3 is 0 Å². The van der Waals surface area contributed by atoms with Crippen LogP contribution in [0.15, 0.2) is 88.4 Å². The van der Waals surface area contributed by atoms with E-state index in [1.54, 1.807) is 18.2 Å². The van der Waals surface area contributed by atoms with Crippen LogP contribution in [-0.4, -0.2) is 13.3 Å². The Morgan fingerprint density at radius 2 is 1.70 bits per heavy atom. The van der Waals surface area contributed by atoms with Crippen LogP contribution < -0.4 is 10.0 Å². The van der Waals surface area contributed by atoms with Crippen LogP contribution >= 0.6 is 15.9 Å². The van der Waals surface area contributed by atoms with Gasteiger partial charge in [0.1, 0.15) is 0 Å². The number of anilines is 1. The summed E-state index contributed by atoms with van der Waals surface area (Å²) in [5.74, 6) is 0. The van der Waals surface area contributed by atoms with Gasteiger partial charge in [0.15, 0.2) is 0 Å². The van der Waals surface area contributed by atoms with Crippen LogP contribution in [0.1, 0.15) is 11.1 Å². The summed E-state index contributed by atoms with van der Waals surface area (Å²) in [7, 11) is -3.77. The average Bonchev–Trinajstić information content (AvgIpc) is 2.73. The molecule has 0 atom stereocenters. The molecule has 0 aromatic heterocycles. The Labute approximate surface area is 182 Å². The molecule has 3 rings (SSSR count). The number of nitrogens with one attached hydrogen (secondary N) is 2. The first-order valence-corrected chi connectivity index (χ1v) is 11.1. The number of sulfonamides is 1. The van der Waals surface area contributed by atoms with E-state index in [2.05, 4.69) is 26.0 Å². The van der Waals surface area contributed by atoms with Gasteiger partial charge in [0, 0.05) is 22.8 Å². The zero-order valence-electron chi connectivity index (χ0n) is 15.9. The van der Waals surface area contributed by atoms with E-state index in [9.17, 15) is 18.5 Å². The number of rotatable bonds is 7. The number of nitro groups is 1. The Hall–Kier alpha value is -3.17. The number of nitrogens with zero attached hydrogens (tertiary/aromatic N) is 1. The minimum atomic E-state index is -3.77. The number of non-ortho nitro benzene ring substituents is 1. The first kappa shape index (κ1) is 21.5. The average molecular weight is 488 g/mol. The van der Waals surface area contributed by atoms with Crippen molar-refractivity contribution in [3.8, 4) is 0 Å². The standard InChI is InChI=1S/C21H18BrN3O4S/c1-15-7-10-18(11-8-15)30(28,29)23-14-21(16-5-3-2-4-6-16)24-20-12-9-17(25(26)27)13-19(20)22/h2-14,23-24H,1H3/b21-14-. The molecule has 0 bridgehead atoms. The summed E-state index contributed by atoms with van der Waals surface area (Å²) in [5.41, 5.74) is 2.65. The third-order valence-electron chi connectivity index (χ3n) is 4.21. The second-order valence-electron chi connectivity index (χ2n) is 6.40. The topological polar surface area (TPSA) is 101 Å². The summed E-state index contributed by atoms with van der Waals surface area (Å²) in [4.78, 5) is 10.6. The molecule has 0 heterocycles. The monoisotopic (exact) mass is 487 g/mol. The number of benzene rings is 3. The fourth-order valence-corrected chi connectivity index (χ4v) is 3.96. The lowest BCUT2D eigenvalue weighted by atomic mass is 10.1. The Morgan fingerprint density at radius 3 is 2.30 bits per heavy atom. The predicted octanol–water partition coefficient (Wildman–Crippen LogP) is 5.05. The molecular weight excluding hydrogens is 470 g/mol. The summed E-state index contributed by atoms with van der Waals surface area (Å²) in [6, 6.07) is 19.9. The maximum absolute atomic E-state index is 12.7. The number of nitro benzene ring substituents is 1. The highest BCUT2D eigenvalue weighted by Crippen LogP contribution is 2.30. The number of hydrogen-bond donors (Lipinski definition) is 2. The van der Waals surface area contributed by atoms with E-state index in [1.165, 1.54) is 30.5 Å². The smallest absolute Gasteiger partial charge is 0.270 e. The second kappa shape index (κ2) is 9.10. The van der Waals surface area contributed by atoms with Crippen molar-refractivity contribution in [2.75, 3.05) is 5.32 Å². The molecule has 0 fully saturated rings. The molecule has 3 aromatic carbocycles. The van der Waals surface area contributed by atoms with Crippen molar-refractivity contribution >= 4 is 43.0 Å². The lowest BCUT2D eigenvalue weighted by Gasteiger charge is -2.14. The van der Waals surface area contributed by atoms with E-state index < -0.39 is 14.9 Å². The summed E-state index contributed by atoms with van der Waals surface area (Å²) in [6.07, 6.45) is 1.36. The normalized spacial score (nSPS) is 11.7. The Bertz CT molecular complexity index is 1190. The number of aryl methyl sites for hydroxylation is 1. The van der Waals surface area contributed by atoms with Gasteiger partial charge in [-0.05, 0) is 46.6 Å². The quantitative estimate of drug-likeness (QED) is 0.358. The van der Waals surface area contributed by atoms with Gasteiger partial charge in [-0.15, -0.1) is 0 Å². The molecule has 2 N–H and O–H groups in total. The highest BCUT2D eigenvalue weighted by atomic mass is 79.9. The zero-order chi connectivity index (χ0) is 21.7. The molecule has 7 nitrogen and oxygen atoms in total. The SMILES string of the molecule is Cc1ccc(S(=O)(=O)N/C=C(\Nc2ccc([N+](=O)[O-])cc2Br)c2ccccc2)cc1. The maximum atomic E-state index is 12.7. The lowest BCUT2D eigenvalue weighted by Crippen LogP contribution is -2.19. The maximum Gasteiger partial charge on any atom is 0.270 e. The third-order valence-corrected chi connectivity index (χ3v) is 6.18. The number of hydrogen-bond acceptors (Lipinski definition) is 5. The van der Waals surface area contributed by atoms with Crippen LogP contribution in [0, 0.1) is 17.0 Å². The van der Waals surface area contributed by atoms with Crippen LogP contribution in [0.2, 0.25) is 0 Å². The Balaban J connectivity index is 1.94. The van der Waals surface area contributed by atoms with Crippen molar-refractivity contribution in [2.45, 2.75) is 11.8 Å². The van der Waals surface area contributed by atoms with E-state index in [0.717, 1.165) is 11.1 Å². The first-order chi connectivity index (χ1) is 14.3. The molecule has 0 radical (unpaired) electrons. The van der Waals surface area contributed by atoms with Gasteiger partial charge in [-0.3, -0.25) is 14.8 Å². The molecule has 9 heteroatoms. The molecule has 154 valence electrons. The van der Waals surface area contributed by atoms with E-state index in [0.29, 0.717) is 15.9 Å². The molecule has 0 unspecified atom stereocenters. The third kappa shape index (κ3) is 5.25. The highest BCUT2D eigenvalue weighted by molar-refractivity contribution is 9.10. The molecule has 0 amide bonds. The van der Waals surface area contributed by atoms with Crippen molar-refractivity contribution in [1.29, 1.82) is 0 Å². The van der Waals surface area contributed by atoms with Gasteiger partial charge in [0.2, 0.25) is 0 Å². The van der Waals surface area contributed by atoms with E-state index in [1.807, 2.05) is 37.3 Å². The van der Waals surface area contributed by atoms with Crippen molar-refractivity contribution in [3.63, 3.8) is 0 Å². The first-order valence-electron chi connectivity index (χ1n) is 8.82. The molecule has 3 aromatic rings. The number of halogens is 1. The fourth-order valence-electron chi connectivity index (χ4n) is 2.60. The Morgan fingerprint density at radius 1 is 1.03 bits per heavy atom.